The lowest BCUT2D eigenvalue weighted by Crippen LogP contribution is -2.22. The maximum Gasteiger partial charge on any atom is 0.292 e. The van der Waals surface area contributed by atoms with Crippen molar-refractivity contribution in [2.24, 2.45) is 11.8 Å². The summed E-state index contributed by atoms with van der Waals surface area (Å²) in [6, 6.07) is 4.90. The normalized spacial score (nSPS) is 25.6. The molecule has 102 valence electrons. The van der Waals surface area contributed by atoms with Crippen molar-refractivity contribution in [1.82, 2.24) is 0 Å². The second-order valence-corrected chi connectivity index (χ2v) is 5.59. The standard InChI is InChI=1S/C14H18N2O3/c17-9-10-4-5-13(16(18)19)14(6-10)15-7-11-2-1-3-12(11)8-15/h4-6,11-12,17H,1-3,7-9H2. The third-order valence-corrected chi connectivity index (χ3v) is 4.49. The van der Waals surface area contributed by atoms with Gasteiger partial charge in [0.25, 0.3) is 5.69 Å². The minimum Gasteiger partial charge on any atom is -0.392 e. The number of nitro groups is 1. The zero-order chi connectivity index (χ0) is 13.4. The number of benzene rings is 1. The number of aliphatic hydroxyl groups excluding tert-OH is 1. The molecule has 0 amide bonds. The van der Waals surface area contributed by atoms with E-state index in [0.29, 0.717) is 17.5 Å². The number of hydrogen-bond acceptors (Lipinski definition) is 4. The van der Waals surface area contributed by atoms with Gasteiger partial charge in [-0.2, -0.15) is 0 Å². The number of rotatable bonds is 3. The molecule has 0 radical (unpaired) electrons. The molecule has 0 spiro atoms. The van der Waals surface area contributed by atoms with Gasteiger partial charge in [0, 0.05) is 19.2 Å². The highest BCUT2D eigenvalue weighted by Crippen LogP contribution is 2.42. The maximum atomic E-state index is 11.1. The summed E-state index contributed by atoms with van der Waals surface area (Å²) in [5.41, 5.74) is 1.56. The van der Waals surface area contributed by atoms with Gasteiger partial charge in [-0.1, -0.05) is 6.42 Å². The number of nitrogens with zero attached hydrogens (tertiary/aromatic N) is 2. The van der Waals surface area contributed by atoms with E-state index < -0.39 is 0 Å². The molecule has 0 aromatic heterocycles. The Hall–Kier alpha value is -1.62. The average molecular weight is 262 g/mol. The molecule has 2 fully saturated rings. The van der Waals surface area contributed by atoms with Crippen LogP contribution >= 0.6 is 0 Å². The fourth-order valence-corrected chi connectivity index (χ4v) is 3.51. The third-order valence-electron chi connectivity index (χ3n) is 4.49. The summed E-state index contributed by atoms with van der Waals surface area (Å²) < 4.78 is 0. The van der Waals surface area contributed by atoms with Gasteiger partial charge in [-0.15, -0.1) is 0 Å². The molecule has 3 rings (SSSR count). The Labute approximate surface area is 112 Å². The number of anilines is 1. The van der Waals surface area contributed by atoms with Crippen LogP contribution in [-0.4, -0.2) is 23.1 Å². The smallest absolute Gasteiger partial charge is 0.292 e. The first-order chi connectivity index (χ1) is 9.19. The number of nitro benzene ring substituents is 1. The van der Waals surface area contributed by atoms with Crippen LogP contribution in [0.15, 0.2) is 18.2 Å². The number of aliphatic hydroxyl groups is 1. The van der Waals surface area contributed by atoms with Gasteiger partial charge in [0.15, 0.2) is 0 Å². The zero-order valence-corrected chi connectivity index (χ0v) is 10.8. The van der Waals surface area contributed by atoms with Crippen LogP contribution in [0.5, 0.6) is 0 Å². The second-order valence-electron chi connectivity index (χ2n) is 5.59. The van der Waals surface area contributed by atoms with Gasteiger partial charge in [-0.3, -0.25) is 10.1 Å². The summed E-state index contributed by atoms with van der Waals surface area (Å²) in [5.74, 6) is 1.38. The molecular formula is C14H18N2O3. The Kier molecular flexibility index (Phi) is 3.14. The third kappa shape index (κ3) is 2.18. The summed E-state index contributed by atoms with van der Waals surface area (Å²) in [7, 11) is 0. The van der Waals surface area contributed by atoms with Gasteiger partial charge >= 0.3 is 0 Å². The molecule has 1 aromatic rings. The van der Waals surface area contributed by atoms with Crippen molar-refractivity contribution in [3.05, 3.63) is 33.9 Å². The van der Waals surface area contributed by atoms with E-state index in [1.54, 1.807) is 12.1 Å². The van der Waals surface area contributed by atoms with E-state index in [0.717, 1.165) is 18.7 Å². The quantitative estimate of drug-likeness (QED) is 0.670. The molecule has 5 nitrogen and oxygen atoms in total. The van der Waals surface area contributed by atoms with E-state index in [1.165, 1.54) is 25.3 Å². The fourth-order valence-electron chi connectivity index (χ4n) is 3.51. The number of hydrogen-bond donors (Lipinski definition) is 1. The van der Waals surface area contributed by atoms with Crippen molar-refractivity contribution in [2.45, 2.75) is 25.9 Å². The van der Waals surface area contributed by atoms with Crippen LogP contribution in [0.3, 0.4) is 0 Å². The van der Waals surface area contributed by atoms with Gasteiger partial charge in [0.2, 0.25) is 0 Å². The topological polar surface area (TPSA) is 66.6 Å². The Bertz CT molecular complexity index is 491. The molecule has 1 N–H and O–H groups in total. The lowest BCUT2D eigenvalue weighted by molar-refractivity contribution is -0.384. The van der Waals surface area contributed by atoms with E-state index in [4.69, 9.17) is 0 Å². The van der Waals surface area contributed by atoms with Crippen LogP contribution in [0, 0.1) is 22.0 Å². The van der Waals surface area contributed by atoms with Crippen LogP contribution in [0.4, 0.5) is 11.4 Å². The van der Waals surface area contributed by atoms with Crippen molar-refractivity contribution < 1.29 is 10.0 Å². The van der Waals surface area contributed by atoms with Crippen molar-refractivity contribution in [1.29, 1.82) is 0 Å². The lowest BCUT2D eigenvalue weighted by atomic mass is 10.0. The largest absolute Gasteiger partial charge is 0.392 e. The van der Waals surface area contributed by atoms with Gasteiger partial charge in [0.05, 0.1) is 11.5 Å². The monoisotopic (exact) mass is 262 g/mol. The van der Waals surface area contributed by atoms with Gasteiger partial charge in [0.1, 0.15) is 5.69 Å². The zero-order valence-electron chi connectivity index (χ0n) is 10.8. The van der Waals surface area contributed by atoms with Crippen LogP contribution < -0.4 is 4.90 Å². The lowest BCUT2D eigenvalue weighted by Gasteiger charge is -2.20. The summed E-state index contributed by atoms with van der Waals surface area (Å²) in [6.07, 6.45) is 3.78. The highest BCUT2D eigenvalue weighted by Gasteiger charge is 2.37. The Morgan fingerprint density at radius 3 is 2.58 bits per heavy atom. The molecular weight excluding hydrogens is 244 g/mol. The summed E-state index contributed by atoms with van der Waals surface area (Å²) in [6.45, 7) is 1.76. The predicted octanol–water partition coefficient (Wildman–Crippen LogP) is 2.32. The SMILES string of the molecule is O=[N+]([O-])c1ccc(CO)cc1N1CC2CCCC2C1. The molecule has 1 aromatic carbocycles. The molecule has 2 aliphatic rings. The van der Waals surface area contributed by atoms with E-state index in [9.17, 15) is 15.2 Å². The Morgan fingerprint density at radius 2 is 2.00 bits per heavy atom. The number of fused-ring (bicyclic) bond motifs is 1. The molecule has 1 saturated carbocycles. The molecule has 1 aliphatic carbocycles. The minimum absolute atomic E-state index is 0.0777. The van der Waals surface area contributed by atoms with E-state index in [1.807, 2.05) is 0 Å². The highest BCUT2D eigenvalue weighted by atomic mass is 16.6. The van der Waals surface area contributed by atoms with Crippen LogP contribution in [0.2, 0.25) is 0 Å². The molecule has 1 heterocycles. The predicted molar refractivity (Wildman–Crippen MR) is 72.1 cm³/mol. The average Bonchev–Trinajstić information content (AvgIpc) is 2.98. The Balaban J connectivity index is 1.92. The van der Waals surface area contributed by atoms with E-state index >= 15 is 0 Å². The van der Waals surface area contributed by atoms with Crippen LogP contribution in [-0.2, 0) is 6.61 Å². The first kappa shape index (κ1) is 12.4. The van der Waals surface area contributed by atoms with Crippen molar-refractivity contribution in [3.63, 3.8) is 0 Å². The molecule has 0 bridgehead atoms. The van der Waals surface area contributed by atoms with Crippen molar-refractivity contribution in [3.8, 4) is 0 Å². The molecule has 1 aliphatic heterocycles. The van der Waals surface area contributed by atoms with Crippen LogP contribution in [0.25, 0.3) is 0 Å². The van der Waals surface area contributed by atoms with Gasteiger partial charge in [-0.05, 0) is 42.4 Å². The van der Waals surface area contributed by atoms with Gasteiger partial charge in [-0.25, -0.2) is 0 Å². The maximum absolute atomic E-state index is 11.1. The summed E-state index contributed by atoms with van der Waals surface area (Å²) in [5, 5.41) is 20.3. The van der Waals surface area contributed by atoms with E-state index in [-0.39, 0.29) is 17.2 Å². The molecule has 19 heavy (non-hydrogen) atoms. The molecule has 1 saturated heterocycles. The molecule has 2 unspecified atom stereocenters. The van der Waals surface area contributed by atoms with Crippen LogP contribution in [0.1, 0.15) is 24.8 Å². The molecule has 5 heteroatoms. The first-order valence-electron chi connectivity index (χ1n) is 6.82. The second kappa shape index (κ2) is 4.81. The minimum atomic E-state index is -0.329. The fraction of sp³-hybridized carbons (Fsp3) is 0.571. The summed E-state index contributed by atoms with van der Waals surface area (Å²) in [4.78, 5) is 12.9. The van der Waals surface area contributed by atoms with Gasteiger partial charge < -0.3 is 10.0 Å². The van der Waals surface area contributed by atoms with Crippen molar-refractivity contribution in [2.75, 3.05) is 18.0 Å². The highest BCUT2D eigenvalue weighted by molar-refractivity contribution is 5.65. The molecule has 2 atom stereocenters. The van der Waals surface area contributed by atoms with Crippen molar-refractivity contribution >= 4 is 11.4 Å². The Morgan fingerprint density at radius 1 is 1.32 bits per heavy atom. The summed E-state index contributed by atoms with van der Waals surface area (Å²) >= 11 is 0. The first-order valence-corrected chi connectivity index (χ1v) is 6.82. The van der Waals surface area contributed by atoms with E-state index in [2.05, 4.69) is 4.90 Å².